The second kappa shape index (κ2) is 8.89. The normalized spacial score (nSPS) is 11.4. The van der Waals surface area contributed by atoms with Gasteiger partial charge < -0.3 is 14.8 Å². The Morgan fingerprint density at radius 1 is 1.14 bits per heavy atom. The van der Waals surface area contributed by atoms with Crippen molar-refractivity contribution in [2.24, 2.45) is 0 Å². The third-order valence-electron chi connectivity index (χ3n) is 2.97. The molecule has 1 aromatic rings. The van der Waals surface area contributed by atoms with Crippen LogP contribution in [0, 0.1) is 0 Å². The average Bonchev–Trinajstić information content (AvgIpc) is 2.47. The number of sulfone groups is 1. The highest BCUT2D eigenvalue weighted by molar-refractivity contribution is 7.91. The van der Waals surface area contributed by atoms with E-state index in [-0.39, 0.29) is 18.1 Å². The smallest absolute Gasteiger partial charge is 0.153 e. The van der Waals surface area contributed by atoms with E-state index in [1.54, 1.807) is 6.92 Å². The third-order valence-corrected chi connectivity index (χ3v) is 4.64. The summed E-state index contributed by atoms with van der Waals surface area (Å²) in [5.41, 5.74) is 0.982. The van der Waals surface area contributed by atoms with Gasteiger partial charge in [-0.15, -0.1) is 0 Å². The highest BCUT2D eigenvalue weighted by atomic mass is 32.2. The molecule has 1 N–H and O–H groups in total. The Labute approximate surface area is 127 Å². The average molecular weight is 315 g/mol. The van der Waals surface area contributed by atoms with E-state index >= 15 is 0 Å². The minimum atomic E-state index is -3.01. The first-order valence-corrected chi connectivity index (χ1v) is 9.08. The minimum Gasteiger partial charge on any atom is -0.493 e. The molecule has 0 heterocycles. The van der Waals surface area contributed by atoms with E-state index in [2.05, 4.69) is 5.32 Å². The molecule has 0 aliphatic heterocycles. The predicted molar refractivity (Wildman–Crippen MR) is 84.8 cm³/mol. The van der Waals surface area contributed by atoms with Crippen molar-refractivity contribution in [3.63, 3.8) is 0 Å². The first kappa shape index (κ1) is 17.8. The largest absolute Gasteiger partial charge is 0.493 e. The van der Waals surface area contributed by atoms with Crippen molar-refractivity contribution in [3.05, 3.63) is 23.8 Å². The van der Waals surface area contributed by atoms with E-state index in [1.807, 2.05) is 32.2 Å². The molecule has 0 spiro atoms. The van der Waals surface area contributed by atoms with Crippen molar-refractivity contribution in [3.8, 4) is 11.5 Å². The molecule has 0 amide bonds. The molecular formula is C15H25NO4S. The molecule has 1 aromatic carbocycles. The Morgan fingerprint density at radius 3 is 2.52 bits per heavy atom. The molecule has 0 aliphatic carbocycles. The fourth-order valence-corrected chi connectivity index (χ4v) is 2.36. The van der Waals surface area contributed by atoms with Gasteiger partial charge in [0.2, 0.25) is 0 Å². The molecule has 0 saturated carbocycles. The van der Waals surface area contributed by atoms with Crippen molar-refractivity contribution in [2.45, 2.75) is 26.8 Å². The van der Waals surface area contributed by atoms with Gasteiger partial charge in [0.05, 0.1) is 12.4 Å². The molecule has 0 aliphatic rings. The van der Waals surface area contributed by atoms with Gasteiger partial charge in [0.1, 0.15) is 18.1 Å². The third kappa shape index (κ3) is 6.35. The molecule has 0 saturated heterocycles. The van der Waals surface area contributed by atoms with Crippen LogP contribution in [0.2, 0.25) is 0 Å². The van der Waals surface area contributed by atoms with Crippen molar-refractivity contribution in [1.29, 1.82) is 0 Å². The Bertz CT molecular complexity index is 528. The number of rotatable bonds is 10. The summed E-state index contributed by atoms with van der Waals surface area (Å²) in [6.07, 6.45) is 0.934. The van der Waals surface area contributed by atoms with Crippen LogP contribution in [-0.2, 0) is 16.4 Å². The van der Waals surface area contributed by atoms with Crippen LogP contribution in [0.1, 0.15) is 25.8 Å². The summed E-state index contributed by atoms with van der Waals surface area (Å²) in [5.74, 6) is 1.58. The molecule has 0 bridgehead atoms. The van der Waals surface area contributed by atoms with E-state index < -0.39 is 9.84 Å². The van der Waals surface area contributed by atoms with Gasteiger partial charge in [-0.2, -0.15) is 0 Å². The number of benzene rings is 1. The summed E-state index contributed by atoms with van der Waals surface area (Å²) < 4.78 is 34.2. The summed E-state index contributed by atoms with van der Waals surface area (Å²) in [7, 11) is -1.16. The van der Waals surface area contributed by atoms with E-state index in [9.17, 15) is 8.42 Å². The van der Waals surface area contributed by atoms with Gasteiger partial charge in [-0.25, -0.2) is 8.42 Å². The standard InChI is InChI=1S/C15H25NO4S/c1-4-8-19-14-7-6-13(12-16-3)15(11-14)20-9-10-21(17,18)5-2/h6-7,11,16H,4-5,8-10,12H2,1-3H3. The zero-order valence-corrected chi connectivity index (χ0v) is 13.8. The van der Waals surface area contributed by atoms with Crippen LogP contribution in [0.5, 0.6) is 11.5 Å². The Kier molecular flexibility index (Phi) is 7.53. The van der Waals surface area contributed by atoms with Crippen LogP contribution < -0.4 is 14.8 Å². The maximum atomic E-state index is 11.5. The molecule has 21 heavy (non-hydrogen) atoms. The second-order valence-electron chi connectivity index (χ2n) is 4.73. The van der Waals surface area contributed by atoms with Crippen molar-refractivity contribution < 1.29 is 17.9 Å². The van der Waals surface area contributed by atoms with E-state index in [4.69, 9.17) is 9.47 Å². The molecule has 0 radical (unpaired) electrons. The van der Waals surface area contributed by atoms with Crippen LogP contribution in [0.15, 0.2) is 18.2 Å². The Hall–Kier alpha value is -1.27. The molecule has 5 nitrogen and oxygen atoms in total. The lowest BCUT2D eigenvalue weighted by atomic mass is 10.2. The molecular weight excluding hydrogens is 290 g/mol. The van der Waals surface area contributed by atoms with Crippen molar-refractivity contribution in [1.82, 2.24) is 5.32 Å². The maximum Gasteiger partial charge on any atom is 0.153 e. The summed E-state index contributed by atoms with van der Waals surface area (Å²) in [5, 5.41) is 3.07. The molecule has 0 atom stereocenters. The number of nitrogens with one attached hydrogen (secondary N) is 1. The van der Waals surface area contributed by atoms with E-state index in [1.165, 1.54) is 0 Å². The molecule has 6 heteroatoms. The van der Waals surface area contributed by atoms with Gasteiger partial charge in [0.15, 0.2) is 9.84 Å². The molecule has 0 fully saturated rings. The van der Waals surface area contributed by atoms with Crippen LogP contribution in [0.25, 0.3) is 0 Å². The SMILES string of the molecule is CCCOc1ccc(CNC)c(OCCS(=O)(=O)CC)c1. The topological polar surface area (TPSA) is 64.6 Å². The number of ether oxygens (including phenoxy) is 2. The van der Waals surface area contributed by atoms with Crippen LogP contribution in [0.4, 0.5) is 0 Å². The van der Waals surface area contributed by atoms with Gasteiger partial charge in [-0.1, -0.05) is 19.9 Å². The van der Waals surface area contributed by atoms with Gasteiger partial charge in [-0.3, -0.25) is 0 Å². The first-order valence-electron chi connectivity index (χ1n) is 7.26. The number of hydrogen-bond donors (Lipinski definition) is 1. The number of hydrogen-bond acceptors (Lipinski definition) is 5. The first-order chi connectivity index (χ1) is 10.0. The summed E-state index contributed by atoms with van der Waals surface area (Å²) in [4.78, 5) is 0. The van der Waals surface area contributed by atoms with Gasteiger partial charge in [0.25, 0.3) is 0 Å². The van der Waals surface area contributed by atoms with E-state index in [0.29, 0.717) is 18.9 Å². The summed E-state index contributed by atoms with van der Waals surface area (Å²) >= 11 is 0. The van der Waals surface area contributed by atoms with Crippen molar-refractivity contribution in [2.75, 3.05) is 31.8 Å². The molecule has 120 valence electrons. The highest BCUT2D eigenvalue weighted by Crippen LogP contribution is 2.25. The monoisotopic (exact) mass is 315 g/mol. The molecule has 1 rings (SSSR count). The second-order valence-corrected chi connectivity index (χ2v) is 7.21. The van der Waals surface area contributed by atoms with Crippen LogP contribution in [0.3, 0.4) is 0 Å². The quantitative estimate of drug-likeness (QED) is 0.715. The lowest BCUT2D eigenvalue weighted by Crippen LogP contribution is -2.16. The minimum absolute atomic E-state index is 0.0303. The van der Waals surface area contributed by atoms with E-state index in [0.717, 1.165) is 17.7 Å². The summed E-state index contributed by atoms with van der Waals surface area (Å²) in [6, 6.07) is 5.66. The van der Waals surface area contributed by atoms with Crippen molar-refractivity contribution >= 4 is 9.84 Å². The zero-order valence-electron chi connectivity index (χ0n) is 13.0. The highest BCUT2D eigenvalue weighted by Gasteiger charge is 2.10. The van der Waals surface area contributed by atoms with Gasteiger partial charge in [0, 0.05) is 23.9 Å². The maximum absolute atomic E-state index is 11.5. The molecule has 0 unspecified atom stereocenters. The van der Waals surface area contributed by atoms with Gasteiger partial charge in [-0.05, 0) is 19.5 Å². The fraction of sp³-hybridized carbons (Fsp3) is 0.600. The molecule has 0 aromatic heterocycles. The van der Waals surface area contributed by atoms with Gasteiger partial charge >= 0.3 is 0 Å². The Balaban J connectivity index is 2.75. The predicted octanol–water partition coefficient (Wildman–Crippen LogP) is 2.01. The van der Waals surface area contributed by atoms with Crippen LogP contribution >= 0.6 is 0 Å². The lowest BCUT2D eigenvalue weighted by Gasteiger charge is -2.13. The zero-order chi connectivity index (χ0) is 15.7. The van der Waals surface area contributed by atoms with Crippen LogP contribution in [-0.4, -0.2) is 40.2 Å². The lowest BCUT2D eigenvalue weighted by molar-refractivity contribution is 0.307. The summed E-state index contributed by atoms with van der Waals surface area (Å²) in [6.45, 7) is 5.15. The Morgan fingerprint density at radius 2 is 1.90 bits per heavy atom. The fourth-order valence-electron chi connectivity index (χ4n) is 1.74.